The molecule has 1 saturated heterocycles. The van der Waals surface area contributed by atoms with E-state index in [1.54, 1.807) is 5.01 Å². The number of carbonyl (C=O) groups is 1. The first-order valence-electron chi connectivity index (χ1n) is 9.17. The van der Waals surface area contributed by atoms with Gasteiger partial charge in [0, 0.05) is 25.6 Å². The Labute approximate surface area is 144 Å². The van der Waals surface area contributed by atoms with Crippen molar-refractivity contribution < 1.29 is 4.79 Å². The van der Waals surface area contributed by atoms with Crippen molar-refractivity contribution in [1.29, 1.82) is 0 Å². The van der Waals surface area contributed by atoms with Crippen LogP contribution in [0, 0.1) is 5.41 Å². The number of hydrazine groups is 1. The fourth-order valence-corrected chi connectivity index (χ4v) is 4.54. The Morgan fingerprint density at radius 2 is 2.04 bits per heavy atom. The quantitative estimate of drug-likeness (QED) is 0.506. The number of anilines is 2. The van der Waals surface area contributed by atoms with E-state index in [1.165, 1.54) is 25.7 Å². The molecule has 24 heavy (non-hydrogen) atoms. The van der Waals surface area contributed by atoms with E-state index in [1.807, 2.05) is 24.3 Å². The van der Waals surface area contributed by atoms with Crippen molar-refractivity contribution in [2.45, 2.75) is 57.9 Å². The zero-order valence-corrected chi connectivity index (χ0v) is 14.7. The molecule has 2 fully saturated rings. The molecule has 0 spiro atoms. The van der Waals surface area contributed by atoms with Gasteiger partial charge < -0.3 is 15.6 Å². The predicted molar refractivity (Wildman–Crippen MR) is 98.3 cm³/mol. The van der Waals surface area contributed by atoms with Gasteiger partial charge in [-0.2, -0.15) is 0 Å². The number of benzene rings is 1. The molecule has 2 unspecified atom stereocenters. The Morgan fingerprint density at radius 3 is 2.83 bits per heavy atom. The number of hydrogen-bond acceptors (Lipinski definition) is 4. The van der Waals surface area contributed by atoms with Gasteiger partial charge in [0.25, 0.3) is 0 Å². The number of likely N-dealkylation sites (tertiary alicyclic amines) is 1. The second-order valence-corrected chi connectivity index (χ2v) is 7.61. The summed E-state index contributed by atoms with van der Waals surface area (Å²) in [7, 11) is 0. The van der Waals surface area contributed by atoms with E-state index in [0.717, 1.165) is 25.1 Å². The molecule has 1 aliphatic heterocycles. The van der Waals surface area contributed by atoms with Gasteiger partial charge in [-0.3, -0.25) is 4.79 Å². The van der Waals surface area contributed by atoms with E-state index in [-0.39, 0.29) is 5.91 Å². The Morgan fingerprint density at radius 1 is 1.29 bits per heavy atom. The fourth-order valence-electron chi connectivity index (χ4n) is 4.54. The molecule has 1 aromatic rings. The molecular weight excluding hydrogens is 300 g/mol. The number of rotatable bonds is 4. The van der Waals surface area contributed by atoms with Crippen LogP contribution < -0.4 is 16.6 Å². The van der Waals surface area contributed by atoms with E-state index in [2.05, 4.69) is 11.8 Å². The van der Waals surface area contributed by atoms with Crippen molar-refractivity contribution in [2.75, 3.05) is 23.8 Å². The second-order valence-electron chi connectivity index (χ2n) is 7.61. The van der Waals surface area contributed by atoms with Gasteiger partial charge in [-0.25, -0.2) is 5.84 Å². The minimum atomic E-state index is 0.234. The molecule has 0 aromatic heterocycles. The van der Waals surface area contributed by atoms with Crippen molar-refractivity contribution in [1.82, 2.24) is 4.90 Å². The summed E-state index contributed by atoms with van der Waals surface area (Å²) in [6.45, 7) is 3.76. The van der Waals surface area contributed by atoms with E-state index in [9.17, 15) is 4.79 Å². The Balaban J connectivity index is 1.61. The summed E-state index contributed by atoms with van der Waals surface area (Å²) in [6, 6.07) is 7.93. The molecule has 2 aliphatic rings. The third-order valence-electron chi connectivity index (χ3n) is 5.94. The summed E-state index contributed by atoms with van der Waals surface area (Å²) in [5, 5.41) is 1.59. The lowest BCUT2D eigenvalue weighted by Crippen LogP contribution is -2.55. The molecule has 1 amide bonds. The number of nitrogens with zero attached hydrogens (tertiary/aromatic N) is 2. The van der Waals surface area contributed by atoms with E-state index < -0.39 is 0 Å². The molecule has 0 radical (unpaired) electrons. The number of nitrogens with two attached hydrogens (primary N) is 2. The van der Waals surface area contributed by atoms with Gasteiger partial charge in [0.1, 0.15) is 0 Å². The lowest BCUT2D eigenvalue weighted by molar-refractivity contribution is -0.141. The maximum Gasteiger partial charge on any atom is 0.224 e. The summed E-state index contributed by atoms with van der Waals surface area (Å²) in [5.74, 6) is 6.35. The number of carbonyl (C=O) groups excluding carboxylic acids is 1. The average Bonchev–Trinajstić information content (AvgIpc) is 2.58. The van der Waals surface area contributed by atoms with Gasteiger partial charge in [0.15, 0.2) is 0 Å². The monoisotopic (exact) mass is 330 g/mol. The van der Waals surface area contributed by atoms with Crippen molar-refractivity contribution >= 4 is 17.3 Å². The highest BCUT2D eigenvalue weighted by atomic mass is 16.2. The molecule has 132 valence electrons. The van der Waals surface area contributed by atoms with Crippen molar-refractivity contribution in [3.63, 3.8) is 0 Å². The highest BCUT2D eigenvalue weighted by molar-refractivity contribution is 5.78. The second kappa shape index (κ2) is 7.01. The van der Waals surface area contributed by atoms with E-state index >= 15 is 0 Å². The first-order chi connectivity index (χ1) is 11.5. The smallest absolute Gasteiger partial charge is 0.224 e. The summed E-state index contributed by atoms with van der Waals surface area (Å²) < 4.78 is 0. The van der Waals surface area contributed by atoms with Gasteiger partial charge in [-0.15, -0.1) is 0 Å². The number of hydrogen-bond donors (Lipinski definition) is 2. The first kappa shape index (κ1) is 17.1. The van der Waals surface area contributed by atoms with Crippen LogP contribution in [0.5, 0.6) is 0 Å². The summed E-state index contributed by atoms with van der Waals surface area (Å²) >= 11 is 0. The fraction of sp³-hybridized carbons (Fsp3) is 0.632. The number of nitrogen functional groups attached to an aromatic ring is 1. The largest absolute Gasteiger partial charge is 0.397 e. The maximum atomic E-state index is 12.8. The minimum Gasteiger partial charge on any atom is -0.397 e. The first-order valence-corrected chi connectivity index (χ1v) is 9.17. The van der Waals surface area contributed by atoms with Gasteiger partial charge in [0.2, 0.25) is 5.91 Å². The van der Waals surface area contributed by atoms with Crippen molar-refractivity contribution in [2.24, 2.45) is 11.3 Å². The lowest BCUT2D eigenvalue weighted by Gasteiger charge is -2.51. The highest BCUT2D eigenvalue weighted by Crippen LogP contribution is 2.45. The van der Waals surface area contributed by atoms with Crippen LogP contribution in [0.25, 0.3) is 0 Å². The topological polar surface area (TPSA) is 75.6 Å². The molecule has 1 aromatic carbocycles. The molecule has 1 aliphatic carbocycles. The average molecular weight is 330 g/mol. The summed E-state index contributed by atoms with van der Waals surface area (Å²) in [5.41, 5.74) is 7.70. The number of amides is 1. The zero-order valence-electron chi connectivity index (χ0n) is 14.7. The molecule has 0 bridgehead atoms. The summed E-state index contributed by atoms with van der Waals surface area (Å²) in [4.78, 5) is 15.0. The Bertz CT molecular complexity index is 586. The van der Waals surface area contributed by atoms with Crippen LogP contribution in [0.15, 0.2) is 24.3 Å². The zero-order chi connectivity index (χ0) is 17.2. The minimum absolute atomic E-state index is 0.234. The third kappa shape index (κ3) is 3.36. The van der Waals surface area contributed by atoms with Crippen LogP contribution >= 0.6 is 0 Å². The highest BCUT2D eigenvalue weighted by Gasteiger charge is 2.43. The molecule has 5 nitrogen and oxygen atoms in total. The number of para-hydroxylation sites is 2. The maximum absolute atomic E-state index is 12.8. The van der Waals surface area contributed by atoms with Crippen molar-refractivity contribution in [3.05, 3.63) is 24.3 Å². The van der Waals surface area contributed by atoms with Crippen molar-refractivity contribution in [3.8, 4) is 0 Å². The molecule has 3 rings (SSSR count). The molecular formula is C19H30N4O. The molecule has 4 N–H and O–H groups in total. The van der Waals surface area contributed by atoms with Crippen LogP contribution in [-0.4, -0.2) is 29.9 Å². The molecule has 1 saturated carbocycles. The molecule has 2 atom stereocenters. The lowest BCUT2D eigenvalue weighted by atomic mass is 9.66. The Kier molecular flexibility index (Phi) is 4.99. The van der Waals surface area contributed by atoms with Gasteiger partial charge >= 0.3 is 0 Å². The Hall–Kier alpha value is -1.75. The van der Waals surface area contributed by atoms with Crippen LogP contribution in [0.1, 0.15) is 51.9 Å². The van der Waals surface area contributed by atoms with Gasteiger partial charge in [-0.05, 0) is 43.2 Å². The van der Waals surface area contributed by atoms with E-state index in [0.29, 0.717) is 30.1 Å². The standard InChI is InChI=1S/C19H30N4O/c1-19-11-5-4-9-17(19)22(13-6-12-19)18(24)10-14-23(21)16-8-3-2-7-15(16)20/h2-3,7-8,17H,4-6,9-14,20-21H2,1H3. The molecule has 5 heteroatoms. The van der Waals surface area contributed by atoms with Crippen LogP contribution in [0.3, 0.4) is 0 Å². The molecule has 1 heterocycles. The normalized spacial score (nSPS) is 26.8. The third-order valence-corrected chi connectivity index (χ3v) is 5.94. The van der Waals surface area contributed by atoms with Gasteiger partial charge in [-0.1, -0.05) is 31.9 Å². The van der Waals surface area contributed by atoms with Crippen LogP contribution in [-0.2, 0) is 4.79 Å². The van der Waals surface area contributed by atoms with Gasteiger partial charge in [0.05, 0.1) is 11.4 Å². The van der Waals surface area contributed by atoms with Crippen LogP contribution in [0.4, 0.5) is 11.4 Å². The number of fused-ring (bicyclic) bond motifs is 1. The predicted octanol–water partition coefficient (Wildman–Crippen LogP) is 2.91. The summed E-state index contributed by atoms with van der Waals surface area (Å²) in [6.07, 6.45) is 7.77. The van der Waals surface area contributed by atoms with Crippen LogP contribution in [0.2, 0.25) is 0 Å². The SMILES string of the molecule is CC12CCCCC1N(C(=O)CCN(N)c1ccccc1N)CCC2. The van der Waals surface area contributed by atoms with E-state index in [4.69, 9.17) is 11.6 Å². The number of piperidine rings is 1.